The van der Waals surface area contributed by atoms with E-state index in [4.69, 9.17) is 0 Å². The maximum Gasteiger partial charge on any atom is 0.0924 e. The van der Waals surface area contributed by atoms with Gasteiger partial charge in [-0.3, -0.25) is 5.10 Å². The van der Waals surface area contributed by atoms with Gasteiger partial charge in [0.2, 0.25) is 0 Å². The lowest BCUT2D eigenvalue weighted by Crippen LogP contribution is -2.21. The van der Waals surface area contributed by atoms with Crippen LogP contribution in [0.5, 0.6) is 0 Å². The molecule has 0 atom stereocenters. The summed E-state index contributed by atoms with van der Waals surface area (Å²) >= 11 is 0. The van der Waals surface area contributed by atoms with Crippen LogP contribution in [0.2, 0.25) is 0 Å². The van der Waals surface area contributed by atoms with Crippen LogP contribution >= 0.6 is 0 Å². The monoisotopic (exact) mass is 232 g/mol. The maximum absolute atomic E-state index is 4.27. The molecule has 4 heteroatoms. The first kappa shape index (κ1) is 12.1. The Bertz CT molecular complexity index is 449. The first-order valence-electron chi connectivity index (χ1n) is 6.25. The quantitative estimate of drug-likeness (QED) is 0.636. The second-order valence-corrected chi connectivity index (χ2v) is 4.10. The van der Waals surface area contributed by atoms with Crippen LogP contribution in [0.3, 0.4) is 0 Å². The van der Waals surface area contributed by atoms with Gasteiger partial charge in [0, 0.05) is 11.9 Å². The number of rotatable bonds is 7. The van der Waals surface area contributed by atoms with E-state index in [1.165, 1.54) is 11.1 Å². The SMILES string of the molecule is CCNCCCNCc1[nH]nc2ccccc12. The molecule has 4 nitrogen and oxygen atoms in total. The molecule has 0 fully saturated rings. The number of aromatic nitrogens is 2. The van der Waals surface area contributed by atoms with Crippen molar-refractivity contribution in [3.63, 3.8) is 0 Å². The summed E-state index contributed by atoms with van der Waals surface area (Å²) in [6, 6.07) is 8.19. The van der Waals surface area contributed by atoms with E-state index >= 15 is 0 Å². The number of hydrogen-bond donors (Lipinski definition) is 3. The van der Waals surface area contributed by atoms with E-state index in [-0.39, 0.29) is 0 Å². The van der Waals surface area contributed by atoms with Crippen molar-refractivity contribution in [3.8, 4) is 0 Å². The average molecular weight is 232 g/mol. The first-order chi connectivity index (χ1) is 8.42. The summed E-state index contributed by atoms with van der Waals surface area (Å²) < 4.78 is 0. The lowest BCUT2D eigenvalue weighted by Gasteiger charge is -2.04. The summed E-state index contributed by atoms with van der Waals surface area (Å²) in [6.45, 7) is 6.13. The molecular weight excluding hydrogens is 212 g/mol. The maximum atomic E-state index is 4.27. The summed E-state index contributed by atoms with van der Waals surface area (Å²) in [7, 11) is 0. The molecular formula is C13H20N4. The number of nitrogens with zero attached hydrogens (tertiary/aromatic N) is 1. The number of nitrogens with one attached hydrogen (secondary N) is 3. The number of benzene rings is 1. The zero-order valence-corrected chi connectivity index (χ0v) is 10.3. The number of hydrogen-bond acceptors (Lipinski definition) is 3. The van der Waals surface area contributed by atoms with Crippen molar-refractivity contribution >= 4 is 10.9 Å². The number of fused-ring (bicyclic) bond motifs is 1. The number of aromatic amines is 1. The van der Waals surface area contributed by atoms with E-state index in [9.17, 15) is 0 Å². The van der Waals surface area contributed by atoms with Gasteiger partial charge >= 0.3 is 0 Å². The van der Waals surface area contributed by atoms with Crippen molar-refractivity contribution in [2.45, 2.75) is 19.9 Å². The van der Waals surface area contributed by atoms with Crippen LogP contribution < -0.4 is 10.6 Å². The molecule has 2 rings (SSSR count). The molecule has 0 unspecified atom stereocenters. The Balaban J connectivity index is 1.79. The first-order valence-corrected chi connectivity index (χ1v) is 6.25. The van der Waals surface area contributed by atoms with Crippen LogP contribution in [0.25, 0.3) is 10.9 Å². The minimum absolute atomic E-state index is 0.854. The largest absolute Gasteiger partial charge is 0.317 e. The second-order valence-electron chi connectivity index (χ2n) is 4.10. The molecule has 1 aromatic carbocycles. The summed E-state index contributed by atoms with van der Waals surface area (Å²) in [5.41, 5.74) is 2.21. The third-order valence-electron chi connectivity index (χ3n) is 2.80. The predicted octanol–water partition coefficient (Wildman–Crippen LogP) is 1.65. The molecule has 1 aromatic heterocycles. The molecule has 17 heavy (non-hydrogen) atoms. The average Bonchev–Trinajstić information content (AvgIpc) is 2.77. The van der Waals surface area contributed by atoms with E-state index in [0.717, 1.165) is 38.1 Å². The second kappa shape index (κ2) is 6.37. The number of para-hydroxylation sites is 1. The molecule has 0 aliphatic rings. The zero-order valence-electron chi connectivity index (χ0n) is 10.3. The Morgan fingerprint density at radius 2 is 2.00 bits per heavy atom. The highest BCUT2D eigenvalue weighted by atomic mass is 15.1. The molecule has 0 aliphatic carbocycles. The van der Waals surface area contributed by atoms with Gasteiger partial charge in [0.25, 0.3) is 0 Å². The fourth-order valence-electron chi connectivity index (χ4n) is 1.88. The smallest absolute Gasteiger partial charge is 0.0924 e. The van der Waals surface area contributed by atoms with Gasteiger partial charge in [-0.25, -0.2) is 0 Å². The highest BCUT2D eigenvalue weighted by Crippen LogP contribution is 2.14. The van der Waals surface area contributed by atoms with Crippen molar-refractivity contribution in [1.29, 1.82) is 0 Å². The molecule has 0 radical (unpaired) electrons. The highest BCUT2D eigenvalue weighted by Gasteiger charge is 2.02. The molecule has 2 aromatic rings. The lowest BCUT2D eigenvalue weighted by molar-refractivity contribution is 0.602. The van der Waals surface area contributed by atoms with Crippen molar-refractivity contribution < 1.29 is 0 Å². The van der Waals surface area contributed by atoms with E-state index in [1.54, 1.807) is 0 Å². The van der Waals surface area contributed by atoms with Crippen LogP contribution in [-0.2, 0) is 6.54 Å². The predicted molar refractivity (Wildman–Crippen MR) is 71.0 cm³/mol. The van der Waals surface area contributed by atoms with Gasteiger partial charge in [0.1, 0.15) is 0 Å². The van der Waals surface area contributed by atoms with E-state index < -0.39 is 0 Å². The third-order valence-corrected chi connectivity index (χ3v) is 2.80. The third kappa shape index (κ3) is 3.28. The lowest BCUT2D eigenvalue weighted by atomic mass is 10.2. The van der Waals surface area contributed by atoms with Gasteiger partial charge in [-0.1, -0.05) is 25.1 Å². The standard InChI is InChI=1S/C13H20N4/c1-2-14-8-5-9-15-10-13-11-6-3-4-7-12(11)16-17-13/h3-4,6-7,14-15H,2,5,8-10H2,1H3,(H,16,17). The molecule has 0 amide bonds. The van der Waals surface area contributed by atoms with E-state index in [0.29, 0.717) is 0 Å². The molecule has 3 N–H and O–H groups in total. The minimum Gasteiger partial charge on any atom is -0.317 e. The Kier molecular flexibility index (Phi) is 4.53. The van der Waals surface area contributed by atoms with Gasteiger partial charge in [0.15, 0.2) is 0 Å². The minimum atomic E-state index is 0.854. The van der Waals surface area contributed by atoms with Crippen molar-refractivity contribution in [1.82, 2.24) is 20.8 Å². The Morgan fingerprint density at radius 3 is 2.88 bits per heavy atom. The highest BCUT2D eigenvalue weighted by molar-refractivity contribution is 5.80. The summed E-state index contributed by atoms with van der Waals surface area (Å²) in [5.74, 6) is 0. The Hall–Kier alpha value is -1.39. The fourth-order valence-corrected chi connectivity index (χ4v) is 1.88. The zero-order chi connectivity index (χ0) is 11.9. The van der Waals surface area contributed by atoms with Crippen molar-refractivity contribution in [2.24, 2.45) is 0 Å². The number of H-pyrrole nitrogens is 1. The van der Waals surface area contributed by atoms with Gasteiger partial charge in [-0.2, -0.15) is 5.10 Å². The molecule has 92 valence electrons. The topological polar surface area (TPSA) is 52.7 Å². The molecule has 0 saturated carbocycles. The van der Waals surface area contributed by atoms with Crippen LogP contribution in [0, 0.1) is 0 Å². The summed E-state index contributed by atoms with van der Waals surface area (Å²) in [6.07, 6.45) is 1.15. The van der Waals surface area contributed by atoms with Gasteiger partial charge in [0.05, 0.1) is 11.2 Å². The van der Waals surface area contributed by atoms with E-state index in [2.05, 4.69) is 33.8 Å². The molecule has 0 bridgehead atoms. The molecule has 0 spiro atoms. The van der Waals surface area contributed by atoms with Gasteiger partial charge in [-0.05, 0) is 32.1 Å². The Labute approximate surface area is 102 Å². The van der Waals surface area contributed by atoms with Crippen LogP contribution in [0.1, 0.15) is 19.0 Å². The molecule has 1 heterocycles. The summed E-state index contributed by atoms with van der Waals surface area (Å²) in [5, 5.41) is 15.3. The van der Waals surface area contributed by atoms with Gasteiger partial charge < -0.3 is 10.6 Å². The summed E-state index contributed by atoms with van der Waals surface area (Å²) in [4.78, 5) is 0. The van der Waals surface area contributed by atoms with Crippen LogP contribution in [0.4, 0.5) is 0 Å². The molecule has 0 saturated heterocycles. The van der Waals surface area contributed by atoms with Crippen molar-refractivity contribution in [2.75, 3.05) is 19.6 Å². The van der Waals surface area contributed by atoms with E-state index in [1.807, 2.05) is 18.2 Å². The fraction of sp³-hybridized carbons (Fsp3) is 0.462. The van der Waals surface area contributed by atoms with Gasteiger partial charge in [-0.15, -0.1) is 0 Å². The van der Waals surface area contributed by atoms with Crippen LogP contribution in [0.15, 0.2) is 24.3 Å². The Morgan fingerprint density at radius 1 is 1.18 bits per heavy atom. The van der Waals surface area contributed by atoms with Crippen LogP contribution in [-0.4, -0.2) is 29.8 Å². The molecule has 0 aliphatic heterocycles. The normalized spacial score (nSPS) is 11.1. The van der Waals surface area contributed by atoms with Crippen molar-refractivity contribution in [3.05, 3.63) is 30.0 Å².